The Morgan fingerprint density at radius 2 is 1.90 bits per heavy atom. The highest BCUT2D eigenvalue weighted by atomic mass is 16.3. The van der Waals surface area contributed by atoms with Gasteiger partial charge < -0.3 is 10.4 Å². The fourth-order valence-electron chi connectivity index (χ4n) is 3.95. The number of hydrogen-bond acceptors (Lipinski definition) is 6. The smallest absolute Gasteiger partial charge is 0.157 e. The van der Waals surface area contributed by atoms with Crippen LogP contribution in [0.5, 0.6) is 0 Å². The van der Waals surface area contributed by atoms with E-state index in [9.17, 15) is 5.11 Å². The van der Waals surface area contributed by atoms with Gasteiger partial charge in [-0.25, -0.2) is 9.97 Å². The number of nitrogens with zero attached hydrogens (tertiary/aromatic N) is 5. The number of aliphatic hydroxyl groups is 1. The van der Waals surface area contributed by atoms with Gasteiger partial charge in [0.15, 0.2) is 5.65 Å². The van der Waals surface area contributed by atoms with Crippen LogP contribution >= 0.6 is 0 Å². The summed E-state index contributed by atoms with van der Waals surface area (Å²) in [7, 11) is 0. The van der Waals surface area contributed by atoms with Crippen molar-refractivity contribution in [3.05, 3.63) is 61.1 Å². The maximum atomic E-state index is 9.39. The largest absolute Gasteiger partial charge is 0.396 e. The van der Waals surface area contributed by atoms with Gasteiger partial charge in [-0.1, -0.05) is 30.3 Å². The second kappa shape index (κ2) is 7.60. The summed E-state index contributed by atoms with van der Waals surface area (Å²) < 4.78 is 1.82. The maximum absolute atomic E-state index is 9.39. The molecule has 0 saturated heterocycles. The fourth-order valence-corrected chi connectivity index (χ4v) is 3.95. The number of rotatable bonds is 5. The number of fused-ring (bicyclic) bond motifs is 1. The Bertz CT molecular complexity index is 1130. The van der Waals surface area contributed by atoms with Crippen molar-refractivity contribution >= 4 is 11.5 Å². The highest BCUT2D eigenvalue weighted by Gasteiger charge is 2.24. The molecule has 0 radical (unpaired) electrons. The first kappa shape index (κ1) is 17.8. The maximum Gasteiger partial charge on any atom is 0.157 e. The summed E-state index contributed by atoms with van der Waals surface area (Å²) in [6, 6.07) is 14.2. The molecule has 4 aromatic rings. The molecule has 2 unspecified atom stereocenters. The predicted octanol–water partition coefficient (Wildman–Crippen LogP) is 3.43. The van der Waals surface area contributed by atoms with Gasteiger partial charge in [-0.2, -0.15) is 9.61 Å². The molecule has 1 fully saturated rings. The van der Waals surface area contributed by atoms with Crippen LogP contribution < -0.4 is 5.32 Å². The van der Waals surface area contributed by atoms with Crippen molar-refractivity contribution in [2.45, 2.75) is 25.3 Å². The second-order valence-corrected chi connectivity index (χ2v) is 7.49. The van der Waals surface area contributed by atoms with Gasteiger partial charge in [-0.15, -0.1) is 0 Å². The monoisotopic (exact) mass is 386 g/mol. The zero-order chi connectivity index (χ0) is 19.6. The van der Waals surface area contributed by atoms with Crippen molar-refractivity contribution in [2.75, 3.05) is 11.9 Å². The summed E-state index contributed by atoms with van der Waals surface area (Å²) in [5.74, 6) is 1.28. The number of hydrogen-bond donors (Lipinski definition) is 2. The molecule has 1 aliphatic rings. The third-order valence-electron chi connectivity index (χ3n) is 5.48. The Morgan fingerprint density at radius 3 is 2.72 bits per heavy atom. The lowest BCUT2D eigenvalue weighted by Gasteiger charge is -2.14. The summed E-state index contributed by atoms with van der Waals surface area (Å²) >= 11 is 0. The van der Waals surface area contributed by atoms with E-state index >= 15 is 0 Å². The van der Waals surface area contributed by atoms with E-state index in [1.165, 1.54) is 0 Å². The molecule has 29 heavy (non-hydrogen) atoms. The van der Waals surface area contributed by atoms with Gasteiger partial charge in [0.1, 0.15) is 17.2 Å². The number of aliphatic hydroxyl groups excluding tert-OH is 1. The Kier molecular flexibility index (Phi) is 4.65. The van der Waals surface area contributed by atoms with Crippen LogP contribution in [0.2, 0.25) is 0 Å². The van der Waals surface area contributed by atoms with Crippen LogP contribution in [-0.4, -0.2) is 42.3 Å². The molecule has 3 aromatic heterocycles. The number of anilines is 1. The topological polar surface area (TPSA) is 88.2 Å². The van der Waals surface area contributed by atoms with E-state index in [4.69, 9.17) is 10.1 Å². The van der Waals surface area contributed by atoms with Gasteiger partial charge >= 0.3 is 0 Å². The molecule has 0 spiro atoms. The summed E-state index contributed by atoms with van der Waals surface area (Å²) in [6.45, 7) is 0.256. The number of aromatic nitrogens is 5. The summed E-state index contributed by atoms with van der Waals surface area (Å²) in [6.07, 6.45) is 8.34. The summed E-state index contributed by atoms with van der Waals surface area (Å²) in [5.41, 5.74) is 4.03. The van der Waals surface area contributed by atoms with E-state index in [0.29, 0.717) is 17.7 Å². The molecule has 0 bridgehead atoms. The van der Waals surface area contributed by atoms with Crippen LogP contribution in [0.1, 0.15) is 19.3 Å². The average molecular weight is 386 g/mol. The molecule has 0 aliphatic heterocycles. The van der Waals surface area contributed by atoms with Crippen molar-refractivity contribution in [3.63, 3.8) is 0 Å². The van der Waals surface area contributed by atoms with E-state index in [-0.39, 0.29) is 6.61 Å². The normalized spacial score (nSPS) is 18.9. The minimum absolute atomic E-state index is 0.256. The molecular weight excluding hydrogens is 364 g/mol. The first-order valence-corrected chi connectivity index (χ1v) is 9.90. The lowest BCUT2D eigenvalue weighted by Crippen LogP contribution is -2.18. The Balaban J connectivity index is 1.46. The van der Waals surface area contributed by atoms with E-state index in [1.807, 2.05) is 47.0 Å². The van der Waals surface area contributed by atoms with Crippen LogP contribution in [0.3, 0.4) is 0 Å². The minimum atomic E-state index is 0.256. The molecule has 146 valence electrons. The van der Waals surface area contributed by atoms with E-state index < -0.39 is 0 Å². The molecule has 7 nitrogen and oxygen atoms in total. The SMILES string of the molecule is OCC1CCC(Nc2ccnc3cc(-c4cncc(-c5ccccc5)n4)nn23)C1. The molecule has 1 saturated carbocycles. The first-order chi connectivity index (χ1) is 14.3. The first-order valence-electron chi connectivity index (χ1n) is 9.90. The Morgan fingerprint density at radius 1 is 1.03 bits per heavy atom. The highest BCUT2D eigenvalue weighted by Crippen LogP contribution is 2.28. The lowest BCUT2D eigenvalue weighted by molar-refractivity contribution is 0.229. The van der Waals surface area contributed by atoms with E-state index in [2.05, 4.69) is 15.3 Å². The average Bonchev–Trinajstić information content (AvgIpc) is 3.42. The van der Waals surface area contributed by atoms with E-state index in [0.717, 1.165) is 47.7 Å². The summed E-state index contributed by atoms with van der Waals surface area (Å²) in [5, 5.41) is 17.7. The van der Waals surface area contributed by atoms with Crippen molar-refractivity contribution in [1.29, 1.82) is 0 Å². The molecule has 1 aromatic carbocycles. The zero-order valence-corrected chi connectivity index (χ0v) is 15.9. The van der Waals surface area contributed by atoms with Gasteiger partial charge in [0, 0.05) is 30.5 Å². The van der Waals surface area contributed by atoms with Gasteiger partial charge in [0.05, 0.1) is 18.1 Å². The predicted molar refractivity (Wildman–Crippen MR) is 111 cm³/mol. The third kappa shape index (κ3) is 3.56. The van der Waals surface area contributed by atoms with Crippen molar-refractivity contribution < 1.29 is 5.11 Å². The minimum Gasteiger partial charge on any atom is -0.396 e. The van der Waals surface area contributed by atoms with Gasteiger partial charge in [-0.05, 0) is 31.2 Å². The van der Waals surface area contributed by atoms with Crippen LogP contribution in [0.4, 0.5) is 5.82 Å². The summed E-state index contributed by atoms with van der Waals surface area (Å²) in [4.78, 5) is 13.6. The standard InChI is InChI=1S/C22H22N6O/c29-14-15-6-7-17(10-15)25-21-8-9-24-22-11-18(27-28(21)22)20-13-23-12-19(26-20)16-4-2-1-3-5-16/h1-5,8-9,11-13,15,17,25,29H,6-7,10,14H2. The Labute approximate surface area is 168 Å². The van der Waals surface area contributed by atoms with Gasteiger partial charge in [0.25, 0.3) is 0 Å². The Hall–Kier alpha value is -3.32. The molecular formula is C22H22N6O. The molecule has 7 heteroatoms. The van der Waals surface area contributed by atoms with Crippen molar-refractivity contribution in [3.8, 4) is 22.6 Å². The molecule has 5 rings (SSSR count). The van der Waals surface area contributed by atoms with Crippen molar-refractivity contribution in [2.24, 2.45) is 5.92 Å². The molecule has 2 N–H and O–H groups in total. The van der Waals surface area contributed by atoms with E-state index in [1.54, 1.807) is 18.6 Å². The number of benzene rings is 1. The van der Waals surface area contributed by atoms with Gasteiger partial charge in [-0.3, -0.25) is 4.98 Å². The third-order valence-corrected chi connectivity index (χ3v) is 5.48. The molecule has 2 atom stereocenters. The fraction of sp³-hybridized carbons (Fsp3) is 0.273. The van der Waals surface area contributed by atoms with Gasteiger partial charge in [0.2, 0.25) is 0 Å². The van der Waals surface area contributed by atoms with Crippen molar-refractivity contribution in [1.82, 2.24) is 24.6 Å². The molecule has 0 amide bonds. The quantitative estimate of drug-likeness (QED) is 0.546. The van der Waals surface area contributed by atoms with Crippen LogP contribution in [-0.2, 0) is 0 Å². The van der Waals surface area contributed by atoms with Crippen LogP contribution in [0.15, 0.2) is 61.1 Å². The lowest BCUT2D eigenvalue weighted by atomic mass is 10.1. The molecule has 1 aliphatic carbocycles. The number of nitrogens with one attached hydrogen (secondary N) is 1. The zero-order valence-electron chi connectivity index (χ0n) is 15.9. The van der Waals surface area contributed by atoms with Crippen LogP contribution in [0.25, 0.3) is 28.3 Å². The second-order valence-electron chi connectivity index (χ2n) is 7.49. The van der Waals surface area contributed by atoms with Crippen LogP contribution in [0, 0.1) is 5.92 Å². The highest BCUT2D eigenvalue weighted by molar-refractivity contribution is 5.65. The molecule has 3 heterocycles.